The molecule has 3 amide bonds. The molecule has 0 spiro atoms. The van der Waals surface area contributed by atoms with Crippen molar-refractivity contribution < 1.29 is 44.3 Å². The summed E-state index contributed by atoms with van der Waals surface area (Å²) in [4.78, 5) is 23.7. The molecule has 15 heavy (non-hydrogen) atoms. The number of rotatable bonds is 2. The molecule has 0 saturated carbocycles. The van der Waals surface area contributed by atoms with Gasteiger partial charge in [-0.15, -0.1) is 0 Å². The topological polar surface area (TPSA) is 97.7 Å². The van der Waals surface area contributed by atoms with Gasteiger partial charge in [0.05, 0.1) is 0 Å². The van der Waals surface area contributed by atoms with E-state index >= 15 is 0 Å². The van der Waals surface area contributed by atoms with Crippen LogP contribution in [0.2, 0.25) is 0 Å². The maximum atomic E-state index is 11.3. The zero-order valence-corrected chi connectivity index (χ0v) is 10.4. The first-order valence-corrected chi connectivity index (χ1v) is 4.27. The minimum atomic E-state index is -0.577. The van der Waals surface area contributed by atoms with Gasteiger partial charge in [-0.2, -0.15) is 0 Å². The van der Waals surface area contributed by atoms with Gasteiger partial charge in [-0.25, -0.2) is 0 Å². The number of nitrogens with zero attached hydrogens (tertiary/aromatic N) is 2. The fraction of sp³-hybridized carbons (Fsp3) is 0.500. The number of fused-ring (bicyclic) bond motifs is 2. The second-order valence-corrected chi connectivity index (χ2v) is 3.32. The van der Waals surface area contributed by atoms with Gasteiger partial charge in [0.1, 0.15) is 0 Å². The van der Waals surface area contributed by atoms with Crippen molar-refractivity contribution in [3.63, 3.8) is 0 Å². The standard InChI is InChI=1S/C8H11N3O3.Na/c9-7(13)5-1-4(3-12)11-2-6(5)10-8(11)14;/h1,4,6,12H,2-3H2,(H3,9,10,13,14);/q;+1/p-1/t4-,6-;/m0./s1. The predicted octanol–water partition coefficient (Wildman–Crippen LogP) is -4.05. The number of carbonyl (C=O) groups excluding carboxylic acids is 2. The molecule has 1 saturated heterocycles. The van der Waals surface area contributed by atoms with Gasteiger partial charge in [-0.3, -0.25) is 9.59 Å². The van der Waals surface area contributed by atoms with Crippen molar-refractivity contribution in [1.82, 2.24) is 4.90 Å². The molecular weight excluding hydrogens is 209 g/mol. The Bertz CT molecular complexity index is 331. The number of nitrogens with two attached hydrogens (primary N) is 1. The minimum Gasteiger partial charge on any atom is -0.427 e. The monoisotopic (exact) mass is 219 g/mol. The number of hydrogen-bond acceptors (Lipinski definition) is 3. The zero-order valence-electron chi connectivity index (χ0n) is 8.38. The second kappa shape index (κ2) is 4.52. The second-order valence-electron chi connectivity index (χ2n) is 3.32. The Morgan fingerprint density at radius 1 is 1.73 bits per heavy atom. The summed E-state index contributed by atoms with van der Waals surface area (Å²) in [5, 5.41) is 12.8. The molecule has 0 unspecified atom stereocenters. The third kappa shape index (κ3) is 2.03. The van der Waals surface area contributed by atoms with Crippen molar-refractivity contribution in [3.05, 3.63) is 17.0 Å². The molecule has 7 heteroatoms. The maximum Gasteiger partial charge on any atom is 1.00 e. The van der Waals surface area contributed by atoms with Crippen LogP contribution >= 0.6 is 0 Å². The molecule has 2 bridgehead atoms. The van der Waals surface area contributed by atoms with E-state index < -0.39 is 18.0 Å². The van der Waals surface area contributed by atoms with E-state index in [-0.39, 0.29) is 42.2 Å². The molecule has 0 radical (unpaired) electrons. The summed E-state index contributed by atoms with van der Waals surface area (Å²) >= 11 is 0. The molecule has 1 fully saturated rings. The number of hydrogen-bond donors (Lipinski definition) is 2. The summed E-state index contributed by atoms with van der Waals surface area (Å²) in [6.45, 7) is 0.129. The smallest absolute Gasteiger partial charge is 0.427 e. The first-order valence-electron chi connectivity index (χ1n) is 4.27. The van der Waals surface area contributed by atoms with Crippen LogP contribution in [0.4, 0.5) is 4.79 Å². The van der Waals surface area contributed by atoms with Gasteiger partial charge in [-0.05, 0) is 12.6 Å². The van der Waals surface area contributed by atoms with E-state index in [4.69, 9.17) is 10.8 Å². The summed E-state index contributed by atoms with van der Waals surface area (Å²) in [5.41, 5.74) is 5.46. The van der Waals surface area contributed by atoms with E-state index in [9.17, 15) is 9.59 Å². The van der Waals surface area contributed by atoms with Gasteiger partial charge in [-0.1, -0.05) is 6.08 Å². The molecule has 2 aliphatic heterocycles. The third-order valence-electron chi connectivity index (χ3n) is 2.48. The summed E-state index contributed by atoms with van der Waals surface area (Å²) in [5.74, 6) is -0.577. The molecule has 0 aromatic heterocycles. The van der Waals surface area contributed by atoms with Gasteiger partial charge < -0.3 is 21.1 Å². The Morgan fingerprint density at radius 2 is 2.40 bits per heavy atom. The number of aliphatic hydroxyl groups is 1. The van der Waals surface area contributed by atoms with Crippen molar-refractivity contribution in [1.29, 1.82) is 0 Å². The normalized spacial score (nSPS) is 27.9. The van der Waals surface area contributed by atoms with Crippen LogP contribution in [0.15, 0.2) is 11.6 Å². The van der Waals surface area contributed by atoms with E-state index in [1.165, 1.54) is 11.0 Å². The molecular formula is C8H10N3NaO3. The average Bonchev–Trinajstić information content (AvgIpc) is 2.45. The fourth-order valence-electron chi connectivity index (χ4n) is 1.76. The number of amides is 3. The van der Waals surface area contributed by atoms with E-state index in [0.29, 0.717) is 12.1 Å². The van der Waals surface area contributed by atoms with Crippen molar-refractivity contribution >= 4 is 11.9 Å². The van der Waals surface area contributed by atoms with E-state index in [1.807, 2.05) is 0 Å². The van der Waals surface area contributed by atoms with Gasteiger partial charge >= 0.3 is 29.6 Å². The quantitative estimate of drug-likeness (QED) is 0.462. The molecule has 6 nitrogen and oxygen atoms in total. The van der Waals surface area contributed by atoms with Crippen LogP contribution in [0.3, 0.4) is 0 Å². The maximum absolute atomic E-state index is 11.3. The number of carbonyl (C=O) groups is 2. The van der Waals surface area contributed by atoms with Crippen LogP contribution in [0.25, 0.3) is 5.32 Å². The number of primary amides is 1. The van der Waals surface area contributed by atoms with Crippen LogP contribution in [-0.2, 0) is 4.79 Å². The summed E-state index contributed by atoms with van der Waals surface area (Å²) in [7, 11) is 0. The van der Waals surface area contributed by atoms with Crippen molar-refractivity contribution in [2.45, 2.75) is 12.1 Å². The summed E-state index contributed by atoms with van der Waals surface area (Å²) in [6, 6.07) is -1.29. The average molecular weight is 219 g/mol. The van der Waals surface area contributed by atoms with Gasteiger partial charge in [0.2, 0.25) is 5.91 Å². The van der Waals surface area contributed by atoms with Crippen molar-refractivity contribution in [3.8, 4) is 0 Å². The largest absolute Gasteiger partial charge is 1.00 e. The van der Waals surface area contributed by atoms with Crippen LogP contribution < -0.4 is 35.3 Å². The summed E-state index contributed by atoms with van der Waals surface area (Å²) < 4.78 is 0. The molecule has 2 aliphatic rings. The zero-order chi connectivity index (χ0) is 10.3. The van der Waals surface area contributed by atoms with Crippen LogP contribution in [-0.4, -0.2) is 47.2 Å². The first kappa shape index (κ1) is 12.5. The van der Waals surface area contributed by atoms with Crippen molar-refractivity contribution in [2.24, 2.45) is 5.73 Å². The van der Waals surface area contributed by atoms with Gasteiger partial charge in [0, 0.05) is 18.2 Å². The van der Waals surface area contributed by atoms with Gasteiger partial charge in [0.25, 0.3) is 0 Å². The molecule has 0 aliphatic carbocycles. The fourth-order valence-corrected chi connectivity index (χ4v) is 1.76. The first-order chi connectivity index (χ1) is 6.63. The predicted molar refractivity (Wildman–Crippen MR) is 47.4 cm³/mol. The Balaban J connectivity index is 0.00000112. The number of aliphatic hydroxyl groups excluding tert-OH is 1. The molecule has 76 valence electrons. The molecule has 2 rings (SSSR count). The number of urea groups is 1. The molecule has 3 N–H and O–H groups in total. The molecule has 2 heterocycles. The Hall–Kier alpha value is -0.560. The SMILES string of the molecule is NC(=O)C1=C[C@@H](CO)N2C[C@@H]1[N-]C2=O.[Na+]. The van der Waals surface area contributed by atoms with Crippen molar-refractivity contribution in [2.75, 3.05) is 13.2 Å². The summed E-state index contributed by atoms with van der Waals surface area (Å²) in [6.07, 6.45) is 1.52. The van der Waals surface area contributed by atoms with Crippen LogP contribution in [0.5, 0.6) is 0 Å². The molecule has 2 atom stereocenters. The van der Waals surface area contributed by atoms with Crippen LogP contribution in [0.1, 0.15) is 0 Å². The Kier molecular flexibility index (Phi) is 3.77. The van der Waals surface area contributed by atoms with Crippen LogP contribution in [0, 0.1) is 0 Å². The van der Waals surface area contributed by atoms with Gasteiger partial charge in [0.15, 0.2) is 6.03 Å². The molecule has 0 aromatic rings. The van der Waals surface area contributed by atoms with E-state index in [0.717, 1.165) is 0 Å². The van der Waals surface area contributed by atoms with E-state index in [1.54, 1.807) is 0 Å². The Morgan fingerprint density at radius 3 is 2.93 bits per heavy atom. The van der Waals surface area contributed by atoms with E-state index in [2.05, 4.69) is 5.32 Å². The Labute approximate surface area is 109 Å². The minimum absolute atomic E-state index is 0. The molecule has 0 aromatic carbocycles. The third-order valence-corrected chi connectivity index (χ3v) is 2.48.